The van der Waals surface area contributed by atoms with Crippen LogP contribution in [0.5, 0.6) is 0 Å². The fourth-order valence-corrected chi connectivity index (χ4v) is 1.93. The summed E-state index contributed by atoms with van der Waals surface area (Å²) in [5.74, 6) is -1.30. The van der Waals surface area contributed by atoms with Gasteiger partial charge in [-0.3, -0.25) is 9.59 Å². The van der Waals surface area contributed by atoms with Gasteiger partial charge >= 0.3 is 11.9 Å². The zero-order chi connectivity index (χ0) is 14.8. The molecule has 1 fully saturated rings. The third kappa shape index (κ3) is 4.08. The molecule has 2 atom stereocenters. The summed E-state index contributed by atoms with van der Waals surface area (Å²) in [7, 11) is 0. The fraction of sp³-hybridized carbons (Fsp3) is 0.500. The highest BCUT2D eigenvalue weighted by Crippen LogP contribution is 2.41. The predicted molar refractivity (Wildman–Crippen MR) is 73.7 cm³/mol. The minimum Gasteiger partial charge on any atom is -0.461 e. The Kier molecular flexibility index (Phi) is 4.12. The van der Waals surface area contributed by atoms with Gasteiger partial charge in [-0.2, -0.15) is 0 Å². The molecular formula is C16H20O4. The lowest BCUT2D eigenvalue weighted by Crippen LogP contribution is -2.26. The van der Waals surface area contributed by atoms with Gasteiger partial charge in [-0.25, -0.2) is 0 Å². The molecule has 0 aromatic heterocycles. The summed E-state index contributed by atoms with van der Waals surface area (Å²) in [4.78, 5) is 23.6. The summed E-state index contributed by atoms with van der Waals surface area (Å²) in [6, 6.07) is 9.48. The highest BCUT2D eigenvalue weighted by Gasteiger charge is 2.51. The number of carbonyl (C=O) groups excluding carboxylic acids is 2. The van der Waals surface area contributed by atoms with Crippen LogP contribution >= 0.6 is 0 Å². The smallest absolute Gasteiger partial charge is 0.310 e. The van der Waals surface area contributed by atoms with E-state index in [-0.39, 0.29) is 30.4 Å². The van der Waals surface area contributed by atoms with Crippen molar-refractivity contribution in [3.8, 4) is 0 Å². The van der Waals surface area contributed by atoms with Gasteiger partial charge in [-0.05, 0) is 32.8 Å². The van der Waals surface area contributed by atoms with Gasteiger partial charge in [0.15, 0.2) is 0 Å². The van der Waals surface area contributed by atoms with Crippen molar-refractivity contribution in [3.05, 3.63) is 35.9 Å². The molecule has 1 aliphatic carbocycles. The van der Waals surface area contributed by atoms with Gasteiger partial charge in [-0.1, -0.05) is 30.3 Å². The van der Waals surface area contributed by atoms with E-state index < -0.39 is 5.60 Å². The molecule has 0 unspecified atom stereocenters. The lowest BCUT2D eigenvalue weighted by Gasteiger charge is -2.19. The van der Waals surface area contributed by atoms with Crippen molar-refractivity contribution in [2.24, 2.45) is 11.8 Å². The van der Waals surface area contributed by atoms with Crippen LogP contribution in [0.25, 0.3) is 0 Å². The molecule has 0 bridgehead atoms. The lowest BCUT2D eigenvalue weighted by molar-refractivity contribution is -0.159. The van der Waals surface area contributed by atoms with Crippen LogP contribution in [0.15, 0.2) is 30.3 Å². The molecule has 1 aliphatic rings. The molecule has 4 nitrogen and oxygen atoms in total. The molecule has 0 aliphatic heterocycles. The Labute approximate surface area is 119 Å². The van der Waals surface area contributed by atoms with Gasteiger partial charge < -0.3 is 9.47 Å². The number of benzene rings is 1. The molecular weight excluding hydrogens is 256 g/mol. The molecule has 0 radical (unpaired) electrons. The van der Waals surface area contributed by atoms with Gasteiger partial charge in [-0.15, -0.1) is 0 Å². The van der Waals surface area contributed by atoms with E-state index in [4.69, 9.17) is 9.47 Å². The van der Waals surface area contributed by atoms with E-state index in [1.807, 2.05) is 51.1 Å². The van der Waals surface area contributed by atoms with Gasteiger partial charge in [0.2, 0.25) is 0 Å². The second-order valence-electron chi connectivity index (χ2n) is 6.08. The highest BCUT2D eigenvalue weighted by atomic mass is 16.6. The van der Waals surface area contributed by atoms with Crippen molar-refractivity contribution in [2.45, 2.75) is 39.4 Å². The monoisotopic (exact) mass is 276 g/mol. The van der Waals surface area contributed by atoms with Crippen LogP contribution in [0.4, 0.5) is 0 Å². The van der Waals surface area contributed by atoms with Crippen molar-refractivity contribution in [3.63, 3.8) is 0 Å². The van der Waals surface area contributed by atoms with Gasteiger partial charge in [0.25, 0.3) is 0 Å². The van der Waals surface area contributed by atoms with Crippen LogP contribution in [0.3, 0.4) is 0 Å². The summed E-state index contributed by atoms with van der Waals surface area (Å²) >= 11 is 0. The predicted octanol–water partition coefficient (Wildman–Crippen LogP) is 2.71. The van der Waals surface area contributed by atoms with E-state index in [2.05, 4.69) is 0 Å². The van der Waals surface area contributed by atoms with Gasteiger partial charge in [0, 0.05) is 0 Å². The largest absolute Gasteiger partial charge is 0.461 e. The Morgan fingerprint density at radius 3 is 2.30 bits per heavy atom. The van der Waals surface area contributed by atoms with E-state index in [0.717, 1.165) is 5.56 Å². The maximum Gasteiger partial charge on any atom is 0.310 e. The maximum absolute atomic E-state index is 11.8. The summed E-state index contributed by atoms with van der Waals surface area (Å²) in [6.07, 6.45) is 0.530. The summed E-state index contributed by atoms with van der Waals surface area (Å²) < 4.78 is 10.5. The lowest BCUT2D eigenvalue weighted by atomic mass is 10.2. The topological polar surface area (TPSA) is 52.6 Å². The van der Waals surface area contributed by atoms with Crippen LogP contribution in [0, 0.1) is 11.8 Å². The minimum absolute atomic E-state index is 0.247. The van der Waals surface area contributed by atoms with Crippen molar-refractivity contribution < 1.29 is 19.1 Å². The normalized spacial score (nSPS) is 21.1. The SMILES string of the molecule is CC(C)(C)OC(=O)[C@H]1C[C@H]1C(=O)OCc1ccccc1. The minimum atomic E-state index is -0.516. The van der Waals surface area contributed by atoms with E-state index in [1.165, 1.54) is 0 Å². The van der Waals surface area contributed by atoms with Crippen LogP contribution < -0.4 is 0 Å². The first-order valence-corrected chi connectivity index (χ1v) is 6.80. The van der Waals surface area contributed by atoms with Crippen LogP contribution in [-0.4, -0.2) is 17.5 Å². The average Bonchev–Trinajstić information content (AvgIpc) is 3.15. The standard InChI is InChI=1S/C16H20O4/c1-16(2,3)20-15(18)13-9-12(13)14(17)19-10-11-7-5-4-6-8-11/h4-8,12-13H,9-10H2,1-3H3/t12-,13+/m1/s1. The van der Waals surface area contributed by atoms with Gasteiger partial charge in [0.05, 0.1) is 11.8 Å². The first-order valence-electron chi connectivity index (χ1n) is 6.80. The summed E-state index contributed by atoms with van der Waals surface area (Å²) in [5, 5.41) is 0. The Morgan fingerprint density at radius 1 is 1.10 bits per heavy atom. The molecule has 1 aromatic carbocycles. The quantitative estimate of drug-likeness (QED) is 0.793. The summed E-state index contributed by atoms with van der Waals surface area (Å²) in [6.45, 7) is 5.69. The van der Waals surface area contributed by atoms with E-state index >= 15 is 0 Å². The maximum atomic E-state index is 11.8. The zero-order valence-electron chi connectivity index (χ0n) is 12.1. The Hall–Kier alpha value is -1.84. The van der Waals surface area contributed by atoms with Crippen molar-refractivity contribution in [1.29, 1.82) is 0 Å². The number of hydrogen-bond donors (Lipinski definition) is 0. The molecule has 4 heteroatoms. The first kappa shape index (κ1) is 14.6. The van der Waals surface area contributed by atoms with Crippen LogP contribution in [-0.2, 0) is 25.7 Å². The first-order chi connectivity index (χ1) is 9.37. The van der Waals surface area contributed by atoms with Crippen molar-refractivity contribution >= 4 is 11.9 Å². The second kappa shape index (κ2) is 5.65. The van der Waals surface area contributed by atoms with E-state index in [0.29, 0.717) is 6.42 Å². The third-order valence-electron chi connectivity index (χ3n) is 3.03. The molecule has 2 rings (SSSR count). The van der Waals surface area contributed by atoms with E-state index in [9.17, 15) is 9.59 Å². The highest BCUT2D eigenvalue weighted by molar-refractivity contribution is 5.87. The molecule has 0 amide bonds. The Bertz CT molecular complexity index is 487. The third-order valence-corrected chi connectivity index (χ3v) is 3.03. The second-order valence-corrected chi connectivity index (χ2v) is 6.08. The average molecular weight is 276 g/mol. The molecule has 20 heavy (non-hydrogen) atoms. The fourth-order valence-electron chi connectivity index (χ4n) is 1.93. The van der Waals surface area contributed by atoms with Crippen LogP contribution in [0.1, 0.15) is 32.8 Å². The number of ether oxygens (including phenoxy) is 2. The molecule has 1 aromatic rings. The van der Waals surface area contributed by atoms with Crippen molar-refractivity contribution in [1.82, 2.24) is 0 Å². The Balaban J connectivity index is 1.77. The molecule has 0 heterocycles. The summed E-state index contributed by atoms with van der Waals surface area (Å²) in [5.41, 5.74) is 0.424. The Morgan fingerprint density at radius 2 is 1.70 bits per heavy atom. The number of hydrogen-bond acceptors (Lipinski definition) is 4. The number of carbonyl (C=O) groups is 2. The molecule has 1 saturated carbocycles. The van der Waals surface area contributed by atoms with E-state index in [1.54, 1.807) is 0 Å². The molecule has 0 saturated heterocycles. The zero-order valence-corrected chi connectivity index (χ0v) is 12.1. The molecule has 0 spiro atoms. The molecule has 0 N–H and O–H groups in total. The van der Waals surface area contributed by atoms with Crippen molar-refractivity contribution in [2.75, 3.05) is 0 Å². The number of rotatable bonds is 4. The number of esters is 2. The van der Waals surface area contributed by atoms with Gasteiger partial charge in [0.1, 0.15) is 12.2 Å². The van der Waals surface area contributed by atoms with Crippen LogP contribution in [0.2, 0.25) is 0 Å². The molecule has 108 valence electrons.